The highest BCUT2D eigenvalue weighted by Gasteiger charge is 2.51. The first kappa shape index (κ1) is 17.6. The van der Waals surface area contributed by atoms with E-state index in [-0.39, 0.29) is 18.4 Å². The molecule has 3 rings (SSSR count). The number of carbonyl (C=O) groups excluding carboxylic acids is 1. The Bertz CT molecular complexity index is 618. The van der Waals surface area contributed by atoms with Gasteiger partial charge in [0.25, 0.3) is 0 Å². The molecule has 1 amide bonds. The number of carbonyl (C=O) groups is 2. The van der Waals surface area contributed by atoms with E-state index < -0.39 is 11.5 Å². The molecule has 2 fully saturated rings. The molecule has 0 bridgehead atoms. The fourth-order valence-electron chi connectivity index (χ4n) is 3.90. The van der Waals surface area contributed by atoms with Crippen LogP contribution in [0.15, 0.2) is 18.6 Å². The number of aromatic nitrogens is 2. The standard InChI is InChI=1S/C17H24N4O4/c1-25-12-17(16(23)24)5-2-8-21(17)15(22)13-3-9-20(10-4-13)14-11-18-6-7-19-14/h6-7,11,13H,2-5,8-10,12H2,1H3,(H,23,24). The number of methoxy groups -OCH3 is 1. The van der Waals surface area contributed by atoms with Crippen molar-refractivity contribution in [3.05, 3.63) is 18.6 Å². The Morgan fingerprint density at radius 3 is 2.68 bits per heavy atom. The number of rotatable bonds is 5. The second-order valence-electron chi connectivity index (χ2n) is 6.69. The van der Waals surface area contributed by atoms with Crippen molar-refractivity contribution in [1.29, 1.82) is 0 Å². The van der Waals surface area contributed by atoms with Crippen molar-refractivity contribution in [3.63, 3.8) is 0 Å². The molecule has 2 aliphatic heterocycles. The average molecular weight is 348 g/mol. The van der Waals surface area contributed by atoms with Gasteiger partial charge in [0.05, 0.1) is 12.8 Å². The zero-order valence-electron chi connectivity index (χ0n) is 14.4. The Hall–Kier alpha value is -2.22. The summed E-state index contributed by atoms with van der Waals surface area (Å²) in [5, 5.41) is 9.71. The smallest absolute Gasteiger partial charge is 0.332 e. The summed E-state index contributed by atoms with van der Waals surface area (Å²) in [6.45, 7) is 1.95. The number of hydrogen-bond donors (Lipinski definition) is 1. The Labute approximate surface area is 146 Å². The predicted octanol–water partition coefficient (Wildman–Crippen LogP) is 0.785. The monoisotopic (exact) mass is 348 g/mol. The van der Waals surface area contributed by atoms with Crippen LogP contribution in [0.2, 0.25) is 0 Å². The molecule has 1 aromatic heterocycles. The molecule has 0 aliphatic carbocycles. The minimum atomic E-state index is -1.21. The third kappa shape index (κ3) is 3.30. The van der Waals surface area contributed by atoms with E-state index in [2.05, 4.69) is 14.9 Å². The molecule has 0 aromatic carbocycles. The lowest BCUT2D eigenvalue weighted by Gasteiger charge is -2.39. The molecule has 2 saturated heterocycles. The summed E-state index contributed by atoms with van der Waals surface area (Å²) in [7, 11) is 1.48. The maximum atomic E-state index is 13.0. The van der Waals surface area contributed by atoms with Crippen molar-refractivity contribution in [2.75, 3.05) is 38.3 Å². The summed E-state index contributed by atoms with van der Waals surface area (Å²) in [6.07, 6.45) is 7.53. The first-order valence-corrected chi connectivity index (χ1v) is 8.63. The number of ether oxygens (including phenoxy) is 1. The Morgan fingerprint density at radius 1 is 1.32 bits per heavy atom. The van der Waals surface area contributed by atoms with Gasteiger partial charge in [-0.25, -0.2) is 9.78 Å². The fraction of sp³-hybridized carbons (Fsp3) is 0.647. The van der Waals surface area contributed by atoms with Gasteiger partial charge in [-0.3, -0.25) is 9.78 Å². The summed E-state index contributed by atoms with van der Waals surface area (Å²) in [4.78, 5) is 36.9. The number of likely N-dealkylation sites (tertiary alicyclic amines) is 1. The zero-order chi connectivity index (χ0) is 17.9. The zero-order valence-corrected chi connectivity index (χ0v) is 14.4. The van der Waals surface area contributed by atoms with Crippen LogP contribution in [-0.4, -0.2) is 70.7 Å². The van der Waals surface area contributed by atoms with Crippen LogP contribution in [-0.2, 0) is 14.3 Å². The third-order valence-electron chi connectivity index (χ3n) is 5.25. The average Bonchev–Trinajstić information content (AvgIpc) is 3.07. The van der Waals surface area contributed by atoms with Gasteiger partial charge in [0, 0.05) is 45.1 Å². The highest BCUT2D eigenvalue weighted by Crippen LogP contribution is 2.34. The number of amides is 1. The Balaban J connectivity index is 1.67. The number of piperidine rings is 1. The molecule has 3 heterocycles. The minimum absolute atomic E-state index is 0.0342. The molecule has 136 valence electrons. The van der Waals surface area contributed by atoms with E-state index >= 15 is 0 Å². The van der Waals surface area contributed by atoms with Crippen molar-refractivity contribution < 1.29 is 19.4 Å². The second-order valence-corrected chi connectivity index (χ2v) is 6.69. The van der Waals surface area contributed by atoms with Gasteiger partial charge in [0.1, 0.15) is 5.82 Å². The lowest BCUT2D eigenvalue weighted by atomic mass is 9.91. The molecule has 1 N–H and O–H groups in total. The molecule has 2 aliphatic rings. The van der Waals surface area contributed by atoms with Gasteiger partial charge >= 0.3 is 5.97 Å². The van der Waals surface area contributed by atoms with Gasteiger partial charge in [-0.2, -0.15) is 0 Å². The van der Waals surface area contributed by atoms with Crippen LogP contribution in [0.3, 0.4) is 0 Å². The second kappa shape index (κ2) is 7.35. The fourth-order valence-corrected chi connectivity index (χ4v) is 3.90. The normalized spacial score (nSPS) is 24.5. The molecule has 0 radical (unpaired) electrons. The van der Waals surface area contributed by atoms with Crippen LogP contribution in [0.5, 0.6) is 0 Å². The van der Waals surface area contributed by atoms with E-state index in [1.54, 1.807) is 23.5 Å². The SMILES string of the molecule is COCC1(C(=O)O)CCCN1C(=O)C1CCN(c2cnccn2)CC1. The highest BCUT2D eigenvalue weighted by atomic mass is 16.5. The van der Waals surface area contributed by atoms with Crippen LogP contribution in [0.25, 0.3) is 0 Å². The van der Waals surface area contributed by atoms with Crippen molar-refractivity contribution >= 4 is 17.7 Å². The summed E-state index contributed by atoms with van der Waals surface area (Å²) in [5.74, 6) is -0.372. The largest absolute Gasteiger partial charge is 0.479 e. The van der Waals surface area contributed by atoms with Crippen molar-refractivity contribution in [3.8, 4) is 0 Å². The first-order valence-electron chi connectivity index (χ1n) is 8.63. The van der Waals surface area contributed by atoms with Crippen LogP contribution < -0.4 is 4.90 Å². The number of anilines is 1. The van der Waals surface area contributed by atoms with Crippen LogP contribution in [0.1, 0.15) is 25.7 Å². The number of carboxylic acid groups (broad SMARTS) is 1. The summed E-state index contributed by atoms with van der Waals surface area (Å²) in [6, 6.07) is 0. The van der Waals surface area contributed by atoms with Gasteiger partial charge in [0.15, 0.2) is 5.54 Å². The van der Waals surface area contributed by atoms with Crippen molar-refractivity contribution in [1.82, 2.24) is 14.9 Å². The highest BCUT2D eigenvalue weighted by molar-refractivity contribution is 5.89. The van der Waals surface area contributed by atoms with E-state index in [0.29, 0.717) is 45.3 Å². The molecule has 1 atom stereocenters. The van der Waals surface area contributed by atoms with Gasteiger partial charge in [-0.15, -0.1) is 0 Å². The third-order valence-corrected chi connectivity index (χ3v) is 5.25. The number of hydrogen-bond acceptors (Lipinski definition) is 6. The first-order chi connectivity index (χ1) is 12.1. The molecule has 0 spiro atoms. The van der Waals surface area contributed by atoms with E-state index in [9.17, 15) is 14.7 Å². The van der Waals surface area contributed by atoms with Crippen molar-refractivity contribution in [2.24, 2.45) is 5.92 Å². The molecule has 8 heteroatoms. The molecule has 8 nitrogen and oxygen atoms in total. The Kier molecular flexibility index (Phi) is 5.17. The van der Waals surface area contributed by atoms with E-state index in [4.69, 9.17) is 4.74 Å². The van der Waals surface area contributed by atoms with Crippen LogP contribution in [0, 0.1) is 5.92 Å². The molecule has 25 heavy (non-hydrogen) atoms. The Morgan fingerprint density at radius 2 is 2.08 bits per heavy atom. The lowest BCUT2D eigenvalue weighted by Crippen LogP contribution is -2.58. The molecular weight excluding hydrogens is 324 g/mol. The number of carboxylic acids is 1. The summed E-state index contributed by atoms with van der Waals surface area (Å²) < 4.78 is 5.13. The lowest BCUT2D eigenvalue weighted by molar-refractivity contribution is -0.162. The molecule has 1 aromatic rings. The quantitative estimate of drug-likeness (QED) is 0.840. The molecular formula is C17H24N4O4. The minimum Gasteiger partial charge on any atom is -0.479 e. The van der Waals surface area contributed by atoms with E-state index in [1.807, 2.05) is 0 Å². The van der Waals surface area contributed by atoms with E-state index in [1.165, 1.54) is 7.11 Å². The van der Waals surface area contributed by atoms with E-state index in [0.717, 1.165) is 5.82 Å². The predicted molar refractivity (Wildman–Crippen MR) is 90.2 cm³/mol. The number of aliphatic carboxylic acids is 1. The summed E-state index contributed by atoms with van der Waals surface area (Å²) in [5.41, 5.74) is -1.21. The maximum Gasteiger partial charge on any atom is 0.332 e. The van der Waals surface area contributed by atoms with Crippen LogP contribution >= 0.6 is 0 Å². The summed E-state index contributed by atoms with van der Waals surface area (Å²) >= 11 is 0. The maximum absolute atomic E-state index is 13.0. The van der Waals surface area contributed by atoms with Gasteiger partial charge in [-0.05, 0) is 25.7 Å². The molecule has 0 saturated carbocycles. The van der Waals surface area contributed by atoms with Crippen molar-refractivity contribution in [2.45, 2.75) is 31.2 Å². The number of nitrogens with zero attached hydrogens (tertiary/aromatic N) is 4. The van der Waals surface area contributed by atoms with Gasteiger partial charge in [-0.1, -0.05) is 0 Å². The van der Waals surface area contributed by atoms with Gasteiger partial charge < -0.3 is 19.6 Å². The molecule has 1 unspecified atom stereocenters. The van der Waals surface area contributed by atoms with Crippen LogP contribution in [0.4, 0.5) is 5.82 Å². The topological polar surface area (TPSA) is 95.9 Å². The van der Waals surface area contributed by atoms with Gasteiger partial charge in [0.2, 0.25) is 5.91 Å².